The average Bonchev–Trinajstić information content (AvgIpc) is 2.73. The minimum Gasteiger partial charge on any atom is -0.399 e. The van der Waals surface area contributed by atoms with E-state index in [9.17, 15) is 0 Å². The van der Waals surface area contributed by atoms with Gasteiger partial charge in [-0.05, 0) is 51.0 Å². The van der Waals surface area contributed by atoms with Crippen molar-refractivity contribution in [2.45, 2.75) is 26.7 Å². The summed E-state index contributed by atoms with van der Waals surface area (Å²) in [6, 6.07) is 17.9. The van der Waals surface area contributed by atoms with Gasteiger partial charge in [0.2, 0.25) is 0 Å². The molecule has 6 heteroatoms. The summed E-state index contributed by atoms with van der Waals surface area (Å²) >= 11 is 0. The number of rotatable bonds is 8. The number of hydrogen-bond donors (Lipinski definition) is 0. The fourth-order valence-corrected chi connectivity index (χ4v) is 2.78. The van der Waals surface area contributed by atoms with Crippen molar-refractivity contribution in [1.29, 1.82) is 0 Å². The van der Waals surface area contributed by atoms with Crippen LogP contribution in [0.1, 0.15) is 37.4 Å². The first kappa shape index (κ1) is 19.5. The van der Waals surface area contributed by atoms with Gasteiger partial charge in [-0.15, -0.1) is 0 Å². The molecular weight excluding hydrogens is 352 g/mol. The molecule has 6 nitrogen and oxygen atoms in total. The molecule has 28 heavy (non-hydrogen) atoms. The summed E-state index contributed by atoms with van der Waals surface area (Å²) < 4.78 is 0. The Hall–Kier alpha value is -3.28. The van der Waals surface area contributed by atoms with E-state index < -0.39 is 0 Å². The van der Waals surface area contributed by atoms with Crippen LogP contribution in [0.5, 0.6) is 0 Å². The number of pyridine rings is 2. The second-order valence-corrected chi connectivity index (χ2v) is 6.38. The molecule has 0 saturated carbocycles. The summed E-state index contributed by atoms with van der Waals surface area (Å²) in [5.74, 6) is 0. The van der Waals surface area contributed by atoms with Gasteiger partial charge in [-0.1, -0.05) is 40.6 Å². The largest absolute Gasteiger partial charge is 0.399 e. The second kappa shape index (κ2) is 9.60. The van der Waals surface area contributed by atoms with Gasteiger partial charge >= 0.3 is 0 Å². The number of benzene rings is 1. The molecule has 0 aliphatic rings. The van der Waals surface area contributed by atoms with Crippen molar-refractivity contribution >= 4 is 22.3 Å². The van der Waals surface area contributed by atoms with E-state index >= 15 is 0 Å². The molecule has 0 aliphatic carbocycles. The number of aromatic nitrogens is 2. The molecule has 2 heterocycles. The van der Waals surface area contributed by atoms with Gasteiger partial charge in [0.15, 0.2) is 0 Å². The molecule has 144 valence electrons. The molecule has 2 aromatic heterocycles. The van der Waals surface area contributed by atoms with Crippen LogP contribution in [0.4, 0.5) is 0 Å². The Morgan fingerprint density at radius 3 is 2.50 bits per heavy atom. The summed E-state index contributed by atoms with van der Waals surface area (Å²) in [6.45, 7) is 4.29. The van der Waals surface area contributed by atoms with Crippen LogP contribution >= 0.6 is 0 Å². The highest BCUT2D eigenvalue weighted by Gasteiger charge is 2.04. The molecule has 0 unspecified atom stereocenters. The van der Waals surface area contributed by atoms with Gasteiger partial charge in [0.1, 0.15) is 25.1 Å². The molecule has 1 aromatic carbocycles. The SMILES string of the molecule is CON=C(C)c1cccc(CCCON=C(C)c2ccc3ccccc3n2)n1. The minimum absolute atomic E-state index is 0.516. The first-order valence-corrected chi connectivity index (χ1v) is 9.24. The van der Waals surface area contributed by atoms with Gasteiger partial charge in [-0.2, -0.15) is 0 Å². The van der Waals surface area contributed by atoms with E-state index in [2.05, 4.69) is 20.3 Å². The molecular formula is C22H24N4O2. The standard InChI is InChI=1S/C22H24N4O2/c1-16(25-27-3)20-12-6-9-19(23-20)10-7-15-28-26-17(2)21-14-13-18-8-4-5-11-22(18)24-21/h4-6,8-9,11-14H,7,10,15H2,1-3H3. The fraction of sp³-hybridized carbons (Fsp3) is 0.273. The number of aryl methyl sites for hydroxylation is 1. The van der Waals surface area contributed by atoms with Crippen molar-refractivity contribution in [2.24, 2.45) is 10.3 Å². The molecule has 3 rings (SSSR count). The Bertz CT molecular complexity index is 999. The average molecular weight is 376 g/mol. The van der Waals surface area contributed by atoms with Gasteiger partial charge in [0, 0.05) is 11.1 Å². The molecule has 0 fully saturated rings. The van der Waals surface area contributed by atoms with Crippen LogP contribution in [-0.4, -0.2) is 35.1 Å². The normalized spacial score (nSPS) is 12.2. The third-order valence-electron chi connectivity index (χ3n) is 4.24. The molecule has 0 bridgehead atoms. The minimum atomic E-state index is 0.516. The topological polar surface area (TPSA) is 69.0 Å². The quantitative estimate of drug-likeness (QED) is 0.332. The Morgan fingerprint density at radius 1 is 0.857 bits per heavy atom. The van der Waals surface area contributed by atoms with Gasteiger partial charge in [-0.3, -0.25) is 4.98 Å². The predicted molar refractivity (Wildman–Crippen MR) is 112 cm³/mol. The highest BCUT2D eigenvalue weighted by Crippen LogP contribution is 2.12. The number of fused-ring (bicyclic) bond motifs is 1. The monoisotopic (exact) mass is 376 g/mol. The molecule has 0 spiro atoms. The van der Waals surface area contributed by atoms with Gasteiger partial charge < -0.3 is 9.68 Å². The van der Waals surface area contributed by atoms with Crippen molar-refractivity contribution in [3.8, 4) is 0 Å². The smallest absolute Gasteiger partial charge is 0.117 e. The zero-order chi connectivity index (χ0) is 19.8. The van der Waals surface area contributed by atoms with E-state index in [1.165, 1.54) is 7.11 Å². The van der Waals surface area contributed by atoms with E-state index in [0.29, 0.717) is 6.61 Å². The van der Waals surface area contributed by atoms with Crippen molar-refractivity contribution < 1.29 is 9.68 Å². The zero-order valence-electron chi connectivity index (χ0n) is 16.4. The summed E-state index contributed by atoms with van der Waals surface area (Å²) in [4.78, 5) is 19.5. The maximum absolute atomic E-state index is 5.48. The lowest BCUT2D eigenvalue weighted by atomic mass is 10.2. The fourth-order valence-electron chi connectivity index (χ4n) is 2.78. The second-order valence-electron chi connectivity index (χ2n) is 6.38. The molecule has 0 radical (unpaired) electrons. The summed E-state index contributed by atoms with van der Waals surface area (Å²) in [5.41, 5.74) is 5.09. The Kier molecular flexibility index (Phi) is 6.68. The van der Waals surface area contributed by atoms with Gasteiger partial charge in [0.05, 0.1) is 16.9 Å². The Morgan fingerprint density at radius 2 is 1.64 bits per heavy atom. The first-order chi connectivity index (χ1) is 13.7. The van der Waals surface area contributed by atoms with Crippen molar-refractivity contribution in [3.63, 3.8) is 0 Å². The van der Waals surface area contributed by atoms with Crippen LogP contribution in [-0.2, 0) is 16.1 Å². The number of para-hydroxylation sites is 1. The first-order valence-electron chi connectivity index (χ1n) is 9.24. The van der Waals surface area contributed by atoms with E-state index in [-0.39, 0.29) is 0 Å². The Labute approximate surface area is 164 Å². The summed E-state index contributed by atoms with van der Waals surface area (Å²) in [5, 5.41) is 9.23. The molecule has 0 aliphatic heterocycles. The molecule has 0 saturated heterocycles. The highest BCUT2D eigenvalue weighted by atomic mass is 16.6. The zero-order valence-corrected chi connectivity index (χ0v) is 16.4. The lowest BCUT2D eigenvalue weighted by Gasteiger charge is -2.05. The lowest BCUT2D eigenvalue weighted by molar-refractivity contribution is 0.141. The van der Waals surface area contributed by atoms with Crippen molar-refractivity contribution in [3.05, 3.63) is 71.7 Å². The predicted octanol–water partition coefficient (Wildman–Crippen LogP) is 4.37. The number of nitrogens with zero attached hydrogens (tertiary/aromatic N) is 4. The third kappa shape index (κ3) is 5.13. The van der Waals surface area contributed by atoms with Gasteiger partial charge in [0.25, 0.3) is 0 Å². The molecule has 0 N–H and O–H groups in total. The lowest BCUT2D eigenvalue weighted by Crippen LogP contribution is -2.04. The summed E-state index contributed by atoms with van der Waals surface area (Å²) in [7, 11) is 1.53. The maximum Gasteiger partial charge on any atom is 0.117 e. The highest BCUT2D eigenvalue weighted by molar-refractivity contribution is 5.98. The van der Waals surface area contributed by atoms with Crippen LogP contribution < -0.4 is 0 Å². The van der Waals surface area contributed by atoms with Crippen LogP contribution in [0, 0.1) is 0 Å². The van der Waals surface area contributed by atoms with Crippen LogP contribution in [0.15, 0.2) is 64.9 Å². The maximum atomic E-state index is 5.48. The summed E-state index contributed by atoms with van der Waals surface area (Å²) in [6.07, 6.45) is 1.62. The Balaban J connectivity index is 1.52. The number of oxime groups is 2. The van der Waals surface area contributed by atoms with Crippen LogP contribution in [0.2, 0.25) is 0 Å². The molecule has 0 atom stereocenters. The third-order valence-corrected chi connectivity index (χ3v) is 4.24. The molecule has 3 aromatic rings. The van der Waals surface area contributed by atoms with E-state index in [4.69, 9.17) is 9.68 Å². The van der Waals surface area contributed by atoms with Crippen LogP contribution in [0.3, 0.4) is 0 Å². The molecule has 0 amide bonds. The number of hydrogen-bond acceptors (Lipinski definition) is 6. The van der Waals surface area contributed by atoms with Crippen LogP contribution in [0.25, 0.3) is 10.9 Å². The van der Waals surface area contributed by atoms with E-state index in [1.54, 1.807) is 0 Å². The van der Waals surface area contributed by atoms with E-state index in [1.807, 2.05) is 68.4 Å². The van der Waals surface area contributed by atoms with Crippen molar-refractivity contribution in [1.82, 2.24) is 9.97 Å². The van der Waals surface area contributed by atoms with Crippen molar-refractivity contribution in [2.75, 3.05) is 13.7 Å². The van der Waals surface area contributed by atoms with Gasteiger partial charge in [-0.25, -0.2) is 4.98 Å². The van der Waals surface area contributed by atoms with E-state index in [0.717, 1.165) is 52.2 Å².